The van der Waals surface area contributed by atoms with Gasteiger partial charge in [-0.3, -0.25) is 38.4 Å². The molecule has 4 unspecified atom stereocenters. The second-order valence-corrected chi connectivity index (χ2v) is 34.2. The number of esters is 4. The highest BCUT2D eigenvalue weighted by Gasteiger charge is 2.66. The molecule has 0 aromatic heterocycles. The maximum absolute atomic E-state index is 14.5. The van der Waals surface area contributed by atoms with Gasteiger partial charge in [0.15, 0.2) is 0 Å². The number of carbonyl (C=O) groups excluding carboxylic acids is 11. The van der Waals surface area contributed by atoms with Crippen molar-refractivity contribution in [3.05, 3.63) is 93.0 Å². The van der Waals surface area contributed by atoms with Gasteiger partial charge in [0, 0.05) is 112 Å². The summed E-state index contributed by atoms with van der Waals surface area (Å²) in [4.78, 5) is 156. The molecular weight excluding hydrogens is 1610 g/mol. The number of nitrogens with one attached hydrogen (secondary N) is 3. The number of allylic oxidation sites excluding steroid dienone is 6. The molecule has 4 saturated heterocycles. The number of fused-ring (bicyclic) bond motifs is 10. The smallest absolute Gasteiger partial charge is 0.407 e. The van der Waals surface area contributed by atoms with Crippen LogP contribution in [0.4, 0.5) is 16.2 Å². The molecule has 0 aliphatic carbocycles. The first kappa shape index (κ1) is 97.8. The summed E-state index contributed by atoms with van der Waals surface area (Å²) < 4.78 is 64.8. The molecule has 6 heterocycles. The lowest BCUT2D eigenvalue weighted by molar-refractivity contribution is -0.188. The van der Waals surface area contributed by atoms with E-state index in [4.69, 9.17) is 75.3 Å². The van der Waals surface area contributed by atoms with Crippen LogP contribution in [0.5, 0.6) is 11.5 Å². The third-order valence-corrected chi connectivity index (χ3v) is 25.1. The van der Waals surface area contributed by atoms with Crippen LogP contribution < -0.4 is 35.2 Å². The predicted molar refractivity (Wildman–Crippen MR) is 449 cm³/mol. The van der Waals surface area contributed by atoms with Crippen LogP contribution in [-0.4, -0.2) is 251 Å². The van der Waals surface area contributed by atoms with Crippen molar-refractivity contribution < 1.29 is 115 Å². The second-order valence-electron chi connectivity index (χ2n) is 33.4. The normalized spacial score (nSPS) is 29.1. The Morgan fingerprint density at radius 1 is 0.595 bits per heavy atom. The maximum Gasteiger partial charge on any atom is 0.407 e. The number of hydrogen-bond acceptors (Lipinski definition) is 24. The molecule has 8 bridgehead atoms. The molecule has 8 rings (SSSR count). The molecule has 121 heavy (non-hydrogen) atoms. The number of unbranched alkanes of at least 4 members (excludes halogenated alkanes) is 4. The number of hydrogen-bond donors (Lipinski definition) is 5. The molecule has 670 valence electrons. The molecule has 7 amide bonds. The summed E-state index contributed by atoms with van der Waals surface area (Å²) in [6.45, 7) is 16.1. The lowest BCUT2D eigenvalue weighted by atomic mass is 9.78. The van der Waals surface area contributed by atoms with Gasteiger partial charge in [-0.2, -0.15) is 0 Å². The van der Waals surface area contributed by atoms with Crippen LogP contribution >= 0.6 is 23.2 Å². The van der Waals surface area contributed by atoms with Crippen molar-refractivity contribution in [3.8, 4) is 11.5 Å². The summed E-state index contributed by atoms with van der Waals surface area (Å²) in [5.74, 6) is -5.68. The van der Waals surface area contributed by atoms with E-state index in [0.717, 1.165) is 22.3 Å². The van der Waals surface area contributed by atoms with Gasteiger partial charge in [-0.25, -0.2) is 14.4 Å². The van der Waals surface area contributed by atoms with Gasteiger partial charge in [-0.05, 0) is 135 Å². The van der Waals surface area contributed by atoms with E-state index in [2.05, 4.69) is 16.0 Å². The van der Waals surface area contributed by atoms with Gasteiger partial charge in [0.05, 0.1) is 70.1 Å². The number of rotatable bonds is 30. The summed E-state index contributed by atoms with van der Waals surface area (Å²) in [7, 11) is 11.9. The predicted octanol–water partition coefficient (Wildman–Crippen LogP) is 9.57. The number of ether oxygens (including phenoxy) is 11. The zero-order valence-corrected chi connectivity index (χ0v) is 74.5. The van der Waals surface area contributed by atoms with E-state index in [1.54, 1.807) is 97.3 Å². The molecule has 0 radical (unpaired) electrons. The maximum atomic E-state index is 14.5. The molecule has 4 fully saturated rings. The number of benzene rings is 2. The van der Waals surface area contributed by atoms with Gasteiger partial charge in [-0.15, -0.1) is 0 Å². The largest absolute Gasteiger partial charge is 0.495 e. The van der Waals surface area contributed by atoms with Crippen LogP contribution in [0.15, 0.2) is 71.9 Å². The quantitative estimate of drug-likeness (QED) is 0.0210. The van der Waals surface area contributed by atoms with E-state index in [9.17, 15) is 63.0 Å². The Balaban J connectivity index is 0.769. The van der Waals surface area contributed by atoms with Crippen LogP contribution in [0.1, 0.15) is 189 Å². The Labute approximate surface area is 719 Å². The lowest BCUT2D eigenvalue weighted by Gasteiger charge is -2.41. The van der Waals surface area contributed by atoms with Crippen molar-refractivity contribution in [2.24, 2.45) is 11.8 Å². The third-order valence-electron chi connectivity index (χ3n) is 24.4. The lowest BCUT2D eigenvalue weighted by Crippen LogP contribution is -2.53. The number of halogens is 2. The standard InChI is InChI=1S/C88H125Cl2N7O24/c1-18-115-84(108)93-59(33-35-70(98)91-37-23-19-21-31-72(100)94(10)55(6)82(106)118-68-45-74(102)96(12)60-41-57(43-62(111-14)78(60)89)39-51(2)27-25-29-66(113-16)87(109)47-64(116-76(104)49-87)53(4)80-85(68,8)120-80)34-36-71(99)92-38-24-20-22-32-73(101)95(11)56(7)83(107)119-69-46-75(103)97(13)61-42-58(44-63(112-15)79(61)90)40-52(3)28-26-30-67(114-17)88(110)48-65(117-77(105)50-88)54(5)81-86(69,9)121-81/h25-30,41-44,53-56,59,64-69,80-81,109-110H,18-24,31-40,45-50H2,1-17H3,(H,91,98)(H,92,99)(H,93,108)/b29-25+,30-26+,51-27+,52-28+/t53-,54-,55+,56+,59?,64?,65?,66-,67-,68+,69+,80?,81?,85+,86+,87-,88-/m1/s1. The zero-order valence-electron chi connectivity index (χ0n) is 73.0. The van der Waals surface area contributed by atoms with Gasteiger partial charge in [-0.1, -0.05) is 97.5 Å². The fourth-order valence-corrected chi connectivity index (χ4v) is 16.9. The number of nitrogens with zero attached hydrogens (tertiary/aromatic N) is 4. The average Bonchev–Trinajstić information content (AvgIpc) is 1.58. The van der Waals surface area contributed by atoms with Crippen molar-refractivity contribution in [1.82, 2.24) is 25.8 Å². The number of methoxy groups -OCH3 is 4. The minimum absolute atomic E-state index is 0.00607. The molecule has 16 atom stereocenters. The average molecular weight is 1740 g/mol. The van der Waals surface area contributed by atoms with Gasteiger partial charge in [0.1, 0.15) is 92.7 Å². The fraction of sp³-hybridized carbons (Fsp3) is 0.648. The Morgan fingerprint density at radius 2 is 0.983 bits per heavy atom. The number of alkyl carbamates (subject to hydrolysis) is 1. The third kappa shape index (κ3) is 25.5. The number of likely N-dealkylation sites (N-methyl/N-ethyl adjacent to an activating group) is 2. The van der Waals surface area contributed by atoms with Crippen molar-refractivity contribution in [2.45, 2.75) is 280 Å². The zero-order chi connectivity index (χ0) is 89.2. The second kappa shape index (κ2) is 43.6. The summed E-state index contributed by atoms with van der Waals surface area (Å²) in [6.07, 6.45) is 5.31. The van der Waals surface area contributed by atoms with E-state index in [0.29, 0.717) is 74.2 Å². The molecule has 6 aliphatic heterocycles. The molecule has 2 aromatic rings. The minimum Gasteiger partial charge on any atom is -0.495 e. The Morgan fingerprint density at radius 3 is 1.35 bits per heavy atom. The monoisotopic (exact) mass is 1730 g/mol. The molecule has 6 aliphatic rings. The molecular formula is C88H125Cl2N7O24. The van der Waals surface area contributed by atoms with Crippen LogP contribution in [-0.2, 0) is 103 Å². The van der Waals surface area contributed by atoms with E-state index in [-0.39, 0.29) is 130 Å². The summed E-state index contributed by atoms with van der Waals surface area (Å²) >= 11 is 13.7. The van der Waals surface area contributed by atoms with Crippen molar-refractivity contribution in [2.75, 3.05) is 86.1 Å². The van der Waals surface area contributed by atoms with Crippen molar-refractivity contribution in [1.29, 1.82) is 0 Å². The summed E-state index contributed by atoms with van der Waals surface area (Å²) in [5.41, 5.74) is -1.90. The first-order valence-electron chi connectivity index (χ1n) is 41.8. The molecule has 0 saturated carbocycles. The summed E-state index contributed by atoms with van der Waals surface area (Å²) in [6, 6.07) is 4.25. The van der Waals surface area contributed by atoms with Crippen molar-refractivity contribution >= 4 is 100.0 Å². The van der Waals surface area contributed by atoms with Gasteiger partial charge < -0.3 is 97.9 Å². The van der Waals surface area contributed by atoms with Gasteiger partial charge in [0.2, 0.25) is 35.4 Å². The first-order chi connectivity index (χ1) is 57.2. The molecule has 5 N–H and O–H groups in total. The number of aliphatic hydroxyl groups is 2. The Bertz CT molecular complexity index is 3950. The van der Waals surface area contributed by atoms with Crippen LogP contribution in [0.25, 0.3) is 0 Å². The molecule has 0 spiro atoms. The van der Waals surface area contributed by atoms with E-state index in [1.165, 1.54) is 76.0 Å². The highest BCUT2D eigenvalue weighted by Crippen LogP contribution is 2.52. The first-order valence-corrected chi connectivity index (χ1v) is 42.5. The van der Waals surface area contributed by atoms with Crippen molar-refractivity contribution in [3.63, 3.8) is 0 Å². The topological polar surface area (TPSA) is 385 Å². The Kier molecular flexibility index (Phi) is 35.2. The number of amides is 7. The van der Waals surface area contributed by atoms with E-state index >= 15 is 0 Å². The fourth-order valence-electron chi connectivity index (χ4n) is 16.3. The SMILES string of the molecule is CCOC(=O)NC(CCC(=O)NCCCCCC(=O)N(C)[C@@H](C)C(=O)O[C@H]1CC(=O)N(C)c2cc(cc(OC)c2Cl)C/C(C)=C/C=C/[C@@H](OC)[C@]2(O)CC(=O)OC(C2)[C@@H](C)C2O[C@]21C)CCC(=O)NCCCCCC(=O)N(C)[C@@H](C)C(=O)O[C@H]1CC(=O)N(C)c2cc(cc(OC)c2Cl)C/C(C)=C/C=C/[C@@H](OC)[C@]2(O)CC(=O)OC(C2)[C@@H](C)C2O[C@]21C. The molecule has 31 nitrogen and oxygen atoms in total. The van der Waals surface area contributed by atoms with E-state index < -0.39 is 143 Å². The molecule has 2 aromatic carbocycles. The highest BCUT2D eigenvalue weighted by molar-refractivity contribution is 6.36. The van der Waals surface area contributed by atoms with Crippen LogP contribution in [0.2, 0.25) is 10.0 Å². The van der Waals surface area contributed by atoms with Crippen LogP contribution in [0, 0.1) is 11.8 Å². The highest BCUT2D eigenvalue weighted by atomic mass is 35.5. The number of carbonyl (C=O) groups is 11. The van der Waals surface area contributed by atoms with E-state index in [1.807, 2.05) is 26.0 Å². The minimum atomic E-state index is -1.65. The van der Waals surface area contributed by atoms with Gasteiger partial charge in [0.25, 0.3) is 0 Å². The number of anilines is 2. The van der Waals surface area contributed by atoms with Crippen LogP contribution in [0.3, 0.4) is 0 Å². The Hall–Kier alpha value is -8.69. The molecule has 33 heteroatoms. The number of epoxide rings is 2. The van der Waals surface area contributed by atoms with Gasteiger partial charge >= 0.3 is 30.0 Å². The summed E-state index contributed by atoms with van der Waals surface area (Å²) in [5, 5.41) is 33.0.